The van der Waals surface area contributed by atoms with Crippen LogP contribution in [0.25, 0.3) is 0 Å². The number of rotatable bonds is 1. The number of hydrogen-bond donors (Lipinski definition) is 0. The summed E-state index contributed by atoms with van der Waals surface area (Å²) in [6.45, 7) is 1.73. The highest BCUT2D eigenvalue weighted by atomic mass is 79.9. The van der Waals surface area contributed by atoms with Crippen LogP contribution in [0.5, 0.6) is 0 Å². The van der Waals surface area contributed by atoms with Crippen LogP contribution in [0.4, 0.5) is 5.82 Å². The van der Waals surface area contributed by atoms with E-state index in [1.54, 1.807) is 6.92 Å². The van der Waals surface area contributed by atoms with E-state index in [1.165, 1.54) is 6.07 Å². The summed E-state index contributed by atoms with van der Waals surface area (Å²) in [7, 11) is 0. The SMILES string of the molecule is Cc1c(Cl)cc([N+](=O)[O-])nc1Br. The highest BCUT2D eigenvalue weighted by molar-refractivity contribution is 9.10. The van der Waals surface area contributed by atoms with Crippen LogP contribution < -0.4 is 0 Å². The van der Waals surface area contributed by atoms with Gasteiger partial charge in [0.25, 0.3) is 0 Å². The first-order chi connectivity index (χ1) is 5.52. The van der Waals surface area contributed by atoms with Crippen molar-refractivity contribution in [1.82, 2.24) is 4.98 Å². The van der Waals surface area contributed by atoms with Gasteiger partial charge in [-0.1, -0.05) is 11.6 Å². The monoisotopic (exact) mass is 250 g/mol. The molecule has 64 valence electrons. The molecule has 0 aliphatic rings. The number of nitro groups is 1. The number of hydrogen-bond acceptors (Lipinski definition) is 3. The Bertz CT molecular complexity index is 319. The standard InChI is InChI=1S/C6H4BrClN2O2/c1-3-4(8)2-5(10(11)12)9-6(3)7/h2H,1H3. The third-order valence-corrected chi connectivity index (χ3v) is 2.49. The molecule has 12 heavy (non-hydrogen) atoms. The zero-order valence-corrected chi connectivity index (χ0v) is 8.39. The van der Waals surface area contributed by atoms with Gasteiger partial charge in [-0.25, -0.2) is 0 Å². The minimum atomic E-state index is -0.587. The molecule has 0 aliphatic carbocycles. The van der Waals surface area contributed by atoms with Crippen molar-refractivity contribution in [2.45, 2.75) is 6.92 Å². The molecule has 0 atom stereocenters. The van der Waals surface area contributed by atoms with Gasteiger partial charge in [0.1, 0.15) is 0 Å². The molecule has 1 heterocycles. The van der Waals surface area contributed by atoms with Gasteiger partial charge in [-0.2, -0.15) is 0 Å². The first kappa shape index (κ1) is 9.41. The first-order valence-electron chi connectivity index (χ1n) is 2.99. The van der Waals surface area contributed by atoms with Crippen LogP contribution >= 0.6 is 27.5 Å². The average Bonchev–Trinajstić information content (AvgIpc) is 1.99. The van der Waals surface area contributed by atoms with Gasteiger partial charge in [-0.15, -0.1) is 0 Å². The summed E-state index contributed by atoms with van der Waals surface area (Å²) < 4.78 is 0.404. The van der Waals surface area contributed by atoms with Crippen molar-refractivity contribution in [2.75, 3.05) is 0 Å². The third-order valence-electron chi connectivity index (χ3n) is 1.32. The second kappa shape index (κ2) is 3.37. The van der Waals surface area contributed by atoms with E-state index in [9.17, 15) is 10.1 Å². The number of nitrogens with zero attached hydrogens (tertiary/aromatic N) is 2. The molecule has 0 amide bonds. The molecule has 0 fully saturated rings. The van der Waals surface area contributed by atoms with Crippen LogP contribution in [0, 0.1) is 17.0 Å². The molecule has 6 heteroatoms. The van der Waals surface area contributed by atoms with Gasteiger partial charge in [0.2, 0.25) is 4.60 Å². The van der Waals surface area contributed by atoms with E-state index in [1.807, 2.05) is 0 Å². The van der Waals surface area contributed by atoms with Gasteiger partial charge >= 0.3 is 5.82 Å². The summed E-state index contributed by atoms with van der Waals surface area (Å²) >= 11 is 8.75. The van der Waals surface area contributed by atoms with Crippen LogP contribution in [-0.4, -0.2) is 9.91 Å². The van der Waals surface area contributed by atoms with E-state index in [-0.39, 0.29) is 5.82 Å². The van der Waals surface area contributed by atoms with Crippen molar-refractivity contribution in [2.24, 2.45) is 0 Å². The number of aromatic nitrogens is 1. The maximum absolute atomic E-state index is 10.3. The molecule has 0 saturated heterocycles. The highest BCUT2D eigenvalue weighted by Gasteiger charge is 2.14. The first-order valence-corrected chi connectivity index (χ1v) is 4.16. The van der Waals surface area contributed by atoms with Crippen LogP contribution in [-0.2, 0) is 0 Å². The van der Waals surface area contributed by atoms with E-state index >= 15 is 0 Å². The van der Waals surface area contributed by atoms with E-state index in [4.69, 9.17) is 11.6 Å². The van der Waals surface area contributed by atoms with Crippen molar-refractivity contribution in [3.8, 4) is 0 Å². The van der Waals surface area contributed by atoms with Crippen LogP contribution in [0.15, 0.2) is 10.7 Å². The lowest BCUT2D eigenvalue weighted by Crippen LogP contribution is -1.94. The van der Waals surface area contributed by atoms with Gasteiger partial charge in [0, 0.05) is 21.5 Å². The van der Waals surface area contributed by atoms with Gasteiger partial charge in [-0.3, -0.25) is 0 Å². The normalized spacial score (nSPS) is 9.92. The zero-order valence-electron chi connectivity index (χ0n) is 6.04. The maximum Gasteiger partial charge on any atom is 0.366 e. The van der Waals surface area contributed by atoms with Gasteiger partial charge in [-0.05, 0) is 16.8 Å². The number of halogens is 2. The lowest BCUT2D eigenvalue weighted by atomic mass is 10.3. The van der Waals surface area contributed by atoms with Crippen LogP contribution in [0.1, 0.15) is 5.56 Å². The largest absolute Gasteiger partial charge is 0.366 e. The topological polar surface area (TPSA) is 56.0 Å². The van der Waals surface area contributed by atoms with Crippen LogP contribution in [0.3, 0.4) is 0 Å². The smallest absolute Gasteiger partial charge is 0.358 e. The maximum atomic E-state index is 10.3. The summed E-state index contributed by atoms with van der Waals surface area (Å²) in [6.07, 6.45) is 0. The molecule has 1 aromatic heterocycles. The summed E-state index contributed by atoms with van der Waals surface area (Å²) in [6, 6.07) is 1.22. The second-order valence-corrected chi connectivity index (χ2v) is 3.29. The Hall–Kier alpha value is -0.680. The third kappa shape index (κ3) is 1.73. The zero-order chi connectivity index (χ0) is 9.30. The molecular weight excluding hydrogens is 247 g/mol. The van der Waals surface area contributed by atoms with E-state index in [0.717, 1.165) is 0 Å². The molecule has 0 radical (unpaired) electrons. The van der Waals surface area contributed by atoms with E-state index in [0.29, 0.717) is 15.2 Å². The Morgan fingerprint density at radius 1 is 1.75 bits per heavy atom. The minimum absolute atomic E-state index is 0.252. The Morgan fingerprint density at radius 3 is 2.75 bits per heavy atom. The Balaban J connectivity index is 3.31. The fourth-order valence-corrected chi connectivity index (χ4v) is 1.33. The van der Waals surface area contributed by atoms with Gasteiger partial charge in [0.05, 0.1) is 11.1 Å². The van der Waals surface area contributed by atoms with Gasteiger partial charge < -0.3 is 10.1 Å². The van der Waals surface area contributed by atoms with Crippen molar-refractivity contribution < 1.29 is 4.92 Å². The fourth-order valence-electron chi connectivity index (χ4n) is 0.630. The van der Waals surface area contributed by atoms with Crippen molar-refractivity contribution in [1.29, 1.82) is 0 Å². The van der Waals surface area contributed by atoms with Crippen LogP contribution in [0.2, 0.25) is 5.02 Å². The van der Waals surface area contributed by atoms with Crippen molar-refractivity contribution in [3.05, 3.63) is 31.4 Å². The highest BCUT2D eigenvalue weighted by Crippen LogP contribution is 2.25. The van der Waals surface area contributed by atoms with E-state index in [2.05, 4.69) is 20.9 Å². The Labute approximate surface area is 81.8 Å². The molecule has 0 aliphatic heterocycles. The summed E-state index contributed by atoms with van der Waals surface area (Å²) in [4.78, 5) is 13.4. The van der Waals surface area contributed by atoms with Crippen molar-refractivity contribution in [3.63, 3.8) is 0 Å². The van der Waals surface area contributed by atoms with Gasteiger partial charge in [0.15, 0.2) is 0 Å². The molecule has 0 spiro atoms. The predicted octanol–water partition coefficient (Wildman–Crippen LogP) is 2.71. The Morgan fingerprint density at radius 2 is 2.33 bits per heavy atom. The fraction of sp³-hybridized carbons (Fsp3) is 0.167. The number of pyridine rings is 1. The Kier molecular flexibility index (Phi) is 2.64. The molecule has 0 aromatic carbocycles. The molecule has 0 N–H and O–H groups in total. The summed E-state index contributed by atoms with van der Waals surface area (Å²) in [5.41, 5.74) is 0.697. The lowest BCUT2D eigenvalue weighted by molar-refractivity contribution is -0.389. The summed E-state index contributed by atoms with van der Waals surface area (Å²) in [5, 5.41) is 10.6. The molecule has 0 unspecified atom stereocenters. The molecule has 0 bridgehead atoms. The summed E-state index contributed by atoms with van der Waals surface area (Å²) in [5.74, 6) is -0.252. The molecule has 1 aromatic rings. The lowest BCUT2D eigenvalue weighted by Gasteiger charge is -1.96. The molecule has 1 rings (SSSR count). The average molecular weight is 251 g/mol. The second-order valence-electron chi connectivity index (χ2n) is 2.14. The van der Waals surface area contributed by atoms with Crippen molar-refractivity contribution >= 4 is 33.3 Å². The van der Waals surface area contributed by atoms with E-state index < -0.39 is 4.92 Å². The molecule has 4 nitrogen and oxygen atoms in total. The predicted molar refractivity (Wildman–Crippen MR) is 48.3 cm³/mol. The molecular formula is C6H4BrClN2O2. The minimum Gasteiger partial charge on any atom is -0.358 e. The quantitative estimate of drug-likeness (QED) is 0.438. The molecule has 0 saturated carbocycles.